The fourth-order valence-corrected chi connectivity index (χ4v) is 4.38. The van der Waals surface area contributed by atoms with Crippen LogP contribution in [0.3, 0.4) is 0 Å². The molecule has 0 atom stereocenters. The molecule has 1 aliphatic heterocycles. The highest BCUT2D eigenvalue weighted by molar-refractivity contribution is 7.88. The lowest BCUT2D eigenvalue weighted by Crippen LogP contribution is -2.41. The van der Waals surface area contributed by atoms with E-state index in [4.69, 9.17) is 11.2 Å². The fraction of sp³-hybridized carbons (Fsp3) is 0.273. The predicted octanol–water partition coefficient (Wildman–Crippen LogP) is 3.16. The van der Waals surface area contributed by atoms with Crippen LogP contribution in [0.25, 0.3) is 10.9 Å². The molecule has 4 rings (SSSR count). The second-order valence-electron chi connectivity index (χ2n) is 7.23. The summed E-state index contributed by atoms with van der Waals surface area (Å²) in [5, 5.41) is 4.13. The summed E-state index contributed by atoms with van der Waals surface area (Å²) in [4.78, 5) is 8.71. The van der Waals surface area contributed by atoms with Gasteiger partial charge in [0.05, 0.1) is 11.8 Å². The molecular weight excluding hydrogens is 400 g/mol. The fourth-order valence-electron chi connectivity index (χ4n) is 3.51. The Balaban J connectivity index is 1.54. The number of piperidine rings is 1. The summed E-state index contributed by atoms with van der Waals surface area (Å²) in [5.74, 6) is 3.99. The normalized spacial score (nSPS) is 15.6. The maximum absolute atomic E-state index is 11.7. The highest BCUT2D eigenvalue weighted by atomic mass is 32.2. The van der Waals surface area contributed by atoms with Crippen molar-refractivity contribution in [2.45, 2.75) is 18.9 Å². The number of fused-ring (bicyclic) bond motifs is 1. The van der Waals surface area contributed by atoms with Crippen molar-refractivity contribution < 1.29 is 13.2 Å². The minimum atomic E-state index is -3.15. The van der Waals surface area contributed by atoms with Crippen LogP contribution in [0.1, 0.15) is 18.4 Å². The van der Waals surface area contributed by atoms with Crippen molar-refractivity contribution >= 4 is 32.4 Å². The molecule has 1 aromatic heterocycles. The van der Waals surface area contributed by atoms with Gasteiger partial charge in [0, 0.05) is 29.7 Å². The van der Waals surface area contributed by atoms with Gasteiger partial charge in [0.15, 0.2) is 0 Å². The SMILES string of the molecule is C#Cc1cccc(Nc2ncnc3ccc(OC4CCN(S(C)(=O)=O)CC4)cc23)c1. The van der Waals surface area contributed by atoms with E-state index in [-0.39, 0.29) is 6.10 Å². The maximum atomic E-state index is 11.7. The Morgan fingerprint density at radius 3 is 2.70 bits per heavy atom. The quantitative estimate of drug-likeness (QED) is 0.636. The van der Waals surface area contributed by atoms with Crippen molar-refractivity contribution in [1.29, 1.82) is 0 Å². The molecule has 0 aliphatic carbocycles. The van der Waals surface area contributed by atoms with Crippen LogP contribution in [0.15, 0.2) is 48.8 Å². The summed E-state index contributed by atoms with van der Waals surface area (Å²) in [6.07, 6.45) is 9.51. The molecule has 2 aromatic carbocycles. The molecule has 1 fully saturated rings. The monoisotopic (exact) mass is 422 g/mol. The van der Waals surface area contributed by atoms with Gasteiger partial charge in [0.1, 0.15) is 24.0 Å². The number of hydrogen-bond donors (Lipinski definition) is 1. The van der Waals surface area contributed by atoms with E-state index in [0.717, 1.165) is 22.2 Å². The van der Waals surface area contributed by atoms with Crippen LogP contribution in [0.5, 0.6) is 5.75 Å². The molecule has 0 radical (unpaired) electrons. The van der Waals surface area contributed by atoms with E-state index in [2.05, 4.69) is 21.2 Å². The Labute approximate surface area is 176 Å². The van der Waals surface area contributed by atoms with E-state index in [9.17, 15) is 8.42 Å². The number of nitrogens with zero attached hydrogens (tertiary/aromatic N) is 3. The number of terminal acetylenes is 1. The van der Waals surface area contributed by atoms with Gasteiger partial charge in [-0.15, -0.1) is 6.42 Å². The Kier molecular flexibility index (Phi) is 5.57. The summed E-state index contributed by atoms with van der Waals surface area (Å²) < 4.78 is 31.0. The van der Waals surface area contributed by atoms with Crippen molar-refractivity contribution in [3.63, 3.8) is 0 Å². The van der Waals surface area contributed by atoms with Crippen molar-refractivity contribution in [2.75, 3.05) is 24.7 Å². The van der Waals surface area contributed by atoms with Crippen LogP contribution in [0.2, 0.25) is 0 Å². The van der Waals surface area contributed by atoms with Crippen molar-refractivity contribution in [1.82, 2.24) is 14.3 Å². The molecule has 0 bridgehead atoms. The number of ether oxygens (including phenoxy) is 1. The Hall–Kier alpha value is -3.15. The Bertz CT molecular complexity index is 1210. The minimum absolute atomic E-state index is 0.0335. The van der Waals surface area contributed by atoms with Gasteiger partial charge in [-0.05, 0) is 49.2 Å². The van der Waals surface area contributed by atoms with Gasteiger partial charge in [-0.2, -0.15) is 0 Å². The van der Waals surface area contributed by atoms with Crippen molar-refractivity contribution in [2.24, 2.45) is 0 Å². The lowest BCUT2D eigenvalue weighted by Gasteiger charge is -2.30. The molecule has 0 spiro atoms. The molecule has 0 unspecified atom stereocenters. The number of nitrogens with one attached hydrogen (secondary N) is 1. The number of hydrogen-bond acceptors (Lipinski definition) is 6. The zero-order valence-corrected chi connectivity index (χ0v) is 17.4. The molecule has 8 heteroatoms. The first kappa shape index (κ1) is 20.1. The first-order valence-corrected chi connectivity index (χ1v) is 11.5. The first-order valence-electron chi connectivity index (χ1n) is 9.62. The van der Waals surface area contributed by atoms with Crippen LogP contribution in [0.4, 0.5) is 11.5 Å². The second kappa shape index (κ2) is 8.30. The Morgan fingerprint density at radius 2 is 1.97 bits per heavy atom. The van der Waals surface area contributed by atoms with Crippen LogP contribution in [0, 0.1) is 12.3 Å². The Morgan fingerprint density at radius 1 is 1.17 bits per heavy atom. The van der Waals surface area contributed by atoms with E-state index < -0.39 is 10.0 Å². The maximum Gasteiger partial charge on any atom is 0.211 e. The lowest BCUT2D eigenvalue weighted by atomic mass is 10.1. The van der Waals surface area contributed by atoms with Crippen LogP contribution >= 0.6 is 0 Å². The number of rotatable bonds is 5. The average molecular weight is 423 g/mol. The molecule has 1 N–H and O–H groups in total. The summed E-state index contributed by atoms with van der Waals surface area (Å²) in [6.45, 7) is 0.942. The highest BCUT2D eigenvalue weighted by Crippen LogP contribution is 2.28. The highest BCUT2D eigenvalue weighted by Gasteiger charge is 2.26. The molecule has 3 aromatic rings. The standard InChI is InChI=1S/C22H22N4O3S/c1-3-16-5-4-6-17(13-16)25-22-20-14-19(7-8-21(20)23-15-24-22)29-18-9-11-26(12-10-18)30(2,27)28/h1,4-8,13-15,18H,9-12H2,2H3,(H,23,24,25). The second-order valence-corrected chi connectivity index (χ2v) is 9.21. The van der Waals surface area contributed by atoms with E-state index in [1.54, 1.807) is 0 Å². The predicted molar refractivity (Wildman–Crippen MR) is 117 cm³/mol. The molecule has 0 saturated carbocycles. The largest absolute Gasteiger partial charge is 0.490 e. The molecule has 7 nitrogen and oxygen atoms in total. The zero-order chi connectivity index (χ0) is 21.1. The number of aromatic nitrogens is 2. The first-order chi connectivity index (χ1) is 14.4. The summed E-state index contributed by atoms with van der Waals surface area (Å²) in [5.41, 5.74) is 2.41. The van der Waals surface area contributed by atoms with Gasteiger partial charge >= 0.3 is 0 Å². The molecular formula is C22H22N4O3S. The van der Waals surface area contributed by atoms with Crippen LogP contribution < -0.4 is 10.1 Å². The third-order valence-electron chi connectivity index (χ3n) is 5.07. The summed E-state index contributed by atoms with van der Waals surface area (Å²) in [6, 6.07) is 13.2. The van der Waals surface area contributed by atoms with E-state index in [1.807, 2.05) is 42.5 Å². The van der Waals surface area contributed by atoms with E-state index in [1.165, 1.54) is 16.9 Å². The number of benzene rings is 2. The topological polar surface area (TPSA) is 84.4 Å². The van der Waals surface area contributed by atoms with Crippen LogP contribution in [-0.2, 0) is 10.0 Å². The average Bonchev–Trinajstić information content (AvgIpc) is 2.74. The number of sulfonamides is 1. The summed E-state index contributed by atoms with van der Waals surface area (Å²) >= 11 is 0. The van der Waals surface area contributed by atoms with Gasteiger partial charge in [0.2, 0.25) is 10.0 Å². The smallest absolute Gasteiger partial charge is 0.211 e. The molecule has 2 heterocycles. The molecule has 30 heavy (non-hydrogen) atoms. The minimum Gasteiger partial charge on any atom is -0.490 e. The summed E-state index contributed by atoms with van der Waals surface area (Å²) in [7, 11) is -3.15. The number of anilines is 2. The van der Waals surface area contributed by atoms with Gasteiger partial charge in [-0.25, -0.2) is 22.7 Å². The van der Waals surface area contributed by atoms with Gasteiger partial charge in [-0.3, -0.25) is 0 Å². The van der Waals surface area contributed by atoms with E-state index >= 15 is 0 Å². The van der Waals surface area contributed by atoms with Crippen molar-refractivity contribution in [3.05, 3.63) is 54.4 Å². The third-order valence-corrected chi connectivity index (χ3v) is 6.37. The van der Waals surface area contributed by atoms with Gasteiger partial charge < -0.3 is 10.1 Å². The van der Waals surface area contributed by atoms with Gasteiger partial charge in [-0.1, -0.05) is 12.0 Å². The van der Waals surface area contributed by atoms with E-state index in [0.29, 0.717) is 37.5 Å². The molecule has 0 amide bonds. The van der Waals surface area contributed by atoms with Gasteiger partial charge in [0.25, 0.3) is 0 Å². The molecule has 1 saturated heterocycles. The van der Waals surface area contributed by atoms with Crippen LogP contribution in [-0.4, -0.2) is 48.1 Å². The lowest BCUT2D eigenvalue weighted by molar-refractivity contribution is 0.135. The van der Waals surface area contributed by atoms with Crippen molar-refractivity contribution in [3.8, 4) is 18.1 Å². The molecule has 154 valence electrons. The third kappa shape index (κ3) is 4.53. The zero-order valence-electron chi connectivity index (χ0n) is 16.6. The molecule has 1 aliphatic rings.